The maximum absolute atomic E-state index is 14.9. The Morgan fingerprint density at radius 2 is 1.87 bits per heavy atom. The lowest BCUT2D eigenvalue weighted by Gasteiger charge is -2.28. The average molecular weight is 446 g/mol. The van der Waals surface area contributed by atoms with E-state index in [4.69, 9.17) is 0 Å². The van der Waals surface area contributed by atoms with Gasteiger partial charge < -0.3 is 10.2 Å². The predicted molar refractivity (Wildman–Crippen MR) is 112 cm³/mol. The molecule has 0 unspecified atom stereocenters. The first-order valence-electron chi connectivity index (χ1n) is 9.59. The molecule has 4 rings (SSSR count). The van der Waals surface area contributed by atoms with Crippen LogP contribution in [0.15, 0.2) is 36.9 Å². The molecule has 1 saturated heterocycles. The Kier molecular flexibility index (Phi) is 5.77. The van der Waals surface area contributed by atoms with E-state index in [-0.39, 0.29) is 48.5 Å². The Labute approximate surface area is 178 Å². The van der Waals surface area contributed by atoms with Crippen LogP contribution in [0.3, 0.4) is 0 Å². The van der Waals surface area contributed by atoms with Crippen LogP contribution in [0.5, 0.6) is 0 Å². The number of halogens is 2. The zero-order chi connectivity index (χ0) is 22.0. The predicted octanol–water partition coefficient (Wildman–Crippen LogP) is 2.37. The van der Waals surface area contributed by atoms with Gasteiger partial charge in [0.05, 0.1) is 11.5 Å². The minimum atomic E-state index is -3.09. The summed E-state index contributed by atoms with van der Waals surface area (Å²) >= 11 is 0. The molecule has 8 nitrogen and oxygen atoms in total. The van der Waals surface area contributed by atoms with E-state index in [2.05, 4.69) is 25.3 Å². The Bertz CT molecular complexity index is 1210. The Hall–Kier alpha value is -3.21. The summed E-state index contributed by atoms with van der Waals surface area (Å²) in [5, 5.41) is 2.83. The smallest absolute Gasteiger partial charge is 0.207 e. The van der Waals surface area contributed by atoms with Crippen molar-refractivity contribution in [1.29, 1.82) is 0 Å². The van der Waals surface area contributed by atoms with E-state index < -0.39 is 21.5 Å². The molecule has 3 aromatic heterocycles. The van der Waals surface area contributed by atoms with Gasteiger partial charge in [0.25, 0.3) is 0 Å². The zero-order valence-electron chi connectivity index (χ0n) is 16.7. The SMILES string of the molecule is Cc1cc(-c2ncc(CNc3ncnc(N4CCS(=O)(=O)CC4)c3F)cc2F)ccn1. The fraction of sp³-hybridized carbons (Fsp3) is 0.300. The highest BCUT2D eigenvalue weighted by Crippen LogP contribution is 2.24. The summed E-state index contributed by atoms with van der Waals surface area (Å²) in [7, 11) is -3.09. The number of hydrogen-bond acceptors (Lipinski definition) is 8. The monoisotopic (exact) mass is 446 g/mol. The lowest BCUT2D eigenvalue weighted by atomic mass is 10.1. The first kappa shape index (κ1) is 21.0. The van der Waals surface area contributed by atoms with Crippen LogP contribution in [0.1, 0.15) is 11.3 Å². The average Bonchev–Trinajstić information content (AvgIpc) is 2.73. The second-order valence-corrected chi connectivity index (χ2v) is 9.52. The minimum Gasteiger partial charge on any atom is -0.363 e. The molecule has 11 heteroatoms. The van der Waals surface area contributed by atoms with Crippen LogP contribution in [0.4, 0.5) is 20.4 Å². The van der Waals surface area contributed by atoms with Crippen molar-refractivity contribution in [2.45, 2.75) is 13.5 Å². The van der Waals surface area contributed by atoms with Crippen molar-refractivity contribution < 1.29 is 17.2 Å². The number of hydrogen-bond donors (Lipinski definition) is 1. The number of pyridine rings is 2. The van der Waals surface area contributed by atoms with Gasteiger partial charge in [-0.3, -0.25) is 9.97 Å². The summed E-state index contributed by atoms with van der Waals surface area (Å²) in [6.07, 6.45) is 4.31. The lowest BCUT2D eigenvalue weighted by molar-refractivity contribution is 0.578. The number of rotatable bonds is 5. The van der Waals surface area contributed by atoms with E-state index in [0.717, 1.165) is 5.69 Å². The van der Waals surface area contributed by atoms with Crippen LogP contribution in [-0.4, -0.2) is 52.9 Å². The van der Waals surface area contributed by atoms with Gasteiger partial charge in [-0.2, -0.15) is 4.39 Å². The van der Waals surface area contributed by atoms with Gasteiger partial charge >= 0.3 is 0 Å². The van der Waals surface area contributed by atoms with E-state index in [1.165, 1.54) is 18.6 Å². The van der Waals surface area contributed by atoms with Crippen molar-refractivity contribution in [2.75, 3.05) is 34.8 Å². The van der Waals surface area contributed by atoms with E-state index in [1.54, 1.807) is 23.2 Å². The maximum atomic E-state index is 14.9. The summed E-state index contributed by atoms with van der Waals surface area (Å²) in [5.74, 6) is -1.28. The highest BCUT2D eigenvalue weighted by molar-refractivity contribution is 7.91. The largest absolute Gasteiger partial charge is 0.363 e. The fourth-order valence-electron chi connectivity index (χ4n) is 3.29. The molecule has 0 spiro atoms. The molecule has 0 amide bonds. The Morgan fingerprint density at radius 1 is 1.10 bits per heavy atom. The van der Waals surface area contributed by atoms with Crippen molar-refractivity contribution in [1.82, 2.24) is 19.9 Å². The van der Waals surface area contributed by atoms with E-state index >= 15 is 0 Å². The van der Waals surface area contributed by atoms with Crippen LogP contribution < -0.4 is 10.2 Å². The van der Waals surface area contributed by atoms with Crippen molar-refractivity contribution in [3.8, 4) is 11.3 Å². The van der Waals surface area contributed by atoms with Gasteiger partial charge in [0.2, 0.25) is 5.82 Å². The Morgan fingerprint density at radius 3 is 2.58 bits per heavy atom. The molecule has 1 aliphatic rings. The first-order valence-corrected chi connectivity index (χ1v) is 11.4. The molecule has 1 aliphatic heterocycles. The molecule has 3 aromatic rings. The summed E-state index contributed by atoms with van der Waals surface area (Å²) < 4.78 is 52.6. The maximum Gasteiger partial charge on any atom is 0.207 e. The van der Waals surface area contributed by atoms with Gasteiger partial charge in [0.15, 0.2) is 21.5 Å². The van der Waals surface area contributed by atoms with Gasteiger partial charge in [-0.05, 0) is 30.7 Å². The standard InChI is InChI=1S/C20H20F2N6O2S/c1-13-8-15(2-3-23-13)18-16(21)9-14(10-24-18)11-25-19-17(22)20(27-12-26-19)28-4-6-31(29,30)7-5-28/h2-3,8-10,12H,4-7,11H2,1H3,(H,25,26,27). The van der Waals surface area contributed by atoms with Gasteiger partial charge in [-0.15, -0.1) is 0 Å². The van der Waals surface area contributed by atoms with E-state index in [0.29, 0.717) is 11.1 Å². The summed E-state index contributed by atoms with van der Waals surface area (Å²) in [6.45, 7) is 2.25. The third kappa shape index (κ3) is 4.76. The number of aryl methyl sites for hydroxylation is 1. The van der Waals surface area contributed by atoms with Gasteiger partial charge in [0, 0.05) is 43.3 Å². The van der Waals surface area contributed by atoms with Gasteiger partial charge in [-0.1, -0.05) is 0 Å². The zero-order valence-corrected chi connectivity index (χ0v) is 17.5. The van der Waals surface area contributed by atoms with Crippen molar-refractivity contribution >= 4 is 21.5 Å². The normalized spacial score (nSPS) is 15.6. The molecular weight excluding hydrogens is 426 g/mol. The molecule has 0 radical (unpaired) electrons. The van der Waals surface area contributed by atoms with Crippen LogP contribution >= 0.6 is 0 Å². The number of nitrogens with zero attached hydrogens (tertiary/aromatic N) is 5. The molecule has 1 fully saturated rings. The third-order valence-electron chi connectivity index (χ3n) is 4.94. The third-order valence-corrected chi connectivity index (χ3v) is 6.55. The topological polar surface area (TPSA) is 101 Å². The summed E-state index contributed by atoms with van der Waals surface area (Å²) in [5.41, 5.74) is 2.10. The van der Waals surface area contributed by atoms with Crippen LogP contribution in [0, 0.1) is 18.6 Å². The molecule has 0 bridgehead atoms. The molecule has 0 aromatic carbocycles. The molecular formula is C20H20F2N6O2S. The highest BCUT2D eigenvalue weighted by Gasteiger charge is 2.25. The van der Waals surface area contributed by atoms with Gasteiger partial charge in [0.1, 0.15) is 17.8 Å². The second kappa shape index (κ2) is 8.50. The molecule has 1 N–H and O–H groups in total. The van der Waals surface area contributed by atoms with Crippen molar-refractivity contribution in [3.05, 3.63) is 59.8 Å². The quantitative estimate of drug-likeness (QED) is 0.638. The van der Waals surface area contributed by atoms with Crippen LogP contribution in [0.25, 0.3) is 11.3 Å². The highest BCUT2D eigenvalue weighted by atomic mass is 32.2. The second-order valence-electron chi connectivity index (χ2n) is 7.21. The minimum absolute atomic E-state index is 0.0418. The van der Waals surface area contributed by atoms with E-state index in [1.807, 2.05) is 6.92 Å². The number of aromatic nitrogens is 4. The molecule has 4 heterocycles. The number of sulfone groups is 1. The fourth-order valence-corrected chi connectivity index (χ4v) is 4.49. The van der Waals surface area contributed by atoms with Crippen molar-refractivity contribution in [2.24, 2.45) is 0 Å². The molecule has 0 aliphatic carbocycles. The molecule has 162 valence electrons. The number of nitrogens with one attached hydrogen (secondary N) is 1. The first-order chi connectivity index (χ1) is 14.8. The van der Waals surface area contributed by atoms with Crippen LogP contribution in [0.2, 0.25) is 0 Å². The van der Waals surface area contributed by atoms with Crippen molar-refractivity contribution in [3.63, 3.8) is 0 Å². The number of anilines is 2. The Balaban J connectivity index is 1.48. The molecule has 31 heavy (non-hydrogen) atoms. The lowest BCUT2D eigenvalue weighted by Crippen LogP contribution is -2.41. The summed E-state index contributed by atoms with van der Waals surface area (Å²) in [6, 6.07) is 4.76. The summed E-state index contributed by atoms with van der Waals surface area (Å²) in [4.78, 5) is 17.7. The van der Waals surface area contributed by atoms with Gasteiger partial charge in [-0.25, -0.2) is 22.8 Å². The van der Waals surface area contributed by atoms with E-state index in [9.17, 15) is 17.2 Å². The van der Waals surface area contributed by atoms with Crippen LogP contribution in [-0.2, 0) is 16.4 Å². The molecule has 0 saturated carbocycles. The molecule has 0 atom stereocenters.